The first-order valence-electron chi connectivity index (χ1n) is 9.14. The van der Waals surface area contributed by atoms with Crippen molar-refractivity contribution in [3.05, 3.63) is 100 Å². The molecule has 140 valence electrons. The van der Waals surface area contributed by atoms with Crippen molar-refractivity contribution in [1.29, 1.82) is 0 Å². The third-order valence-electron chi connectivity index (χ3n) is 4.86. The second-order valence-electron chi connectivity index (χ2n) is 6.73. The number of hydrogen-bond donors (Lipinski definition) is 1. The highest BCUT2D eigenvalue weighted by atomic mass is 35.5. The molecule has 1 aliphatic rings. The van der Waals surface area contributed by atoms with E-state index >= 15 is 0 Å². The summed E-state index contributed by atoms with van der Waals surface area (Å²) in [6.07, 6.45) is 0.812. The lowest BCUT2D eigenvalue weighted by Gasteiger charge is -2.17. The molecule has 2 amide bonds. The Labute approximate surface area is 168 Å². The van der Waals surface area contributed by atoms with E-state index in [0.717, 1.165) is 23.2 Å². The number of fused-ring (bicyclic) bond motifs is 1. The Bertz CT molecular complexity index is 1020. The standard InChI is InChI=1S/C23H19ClN2O2/c24-20-9-7-17(8-10-20)22(27)25-15-16-6-11-21-19(14-16)12-13-26(21)23(28)18-4-2-1-3-5-18/h1-11,14H,12-13,15H2,(H,25,27). The van der Waals surface area contributed by atoms with Gasteiger partial charge in [0.25, 0.3) is 11.8 Å². The summed E-state index contributed by atoms with van der Waals surface area (Å²) in [5.41, 5.74) is 4.35. The average Bonchev–Trinajstić information content (AvgIpc) is 3.16. The molecule has 4 nitrogen and oxygen atoms in total. The lowest BCUT2D eigenvalue weighted by molar-refractivity contribution is 0.0949. The second kappa shape index (κ2) is 7.87. The number of carbonyl (C=O) groups excluding carboxylic acids is 2. The van der Waals surface area contributed by atoms with E-state index in [4.69, 9.17) is 11.6 Å². The Morgan fingerprint density at radius 1 is 0.929 bits per heavy atom. The minimum atomic E-state index is -0.141. The van der Waals surface area contributed by atoms with E-state index < -0.39 is 0 Å². The number of anilines is 1. The van der Waals surface area contributed by atoms with Gasteiger partial charge in [-0.25, -0.2) is 0 Å². The molecule has 0 saturated heterocycles. The molecule has 4 rings (SSSR count). The largest absolute Gasteiger partial charge is 0.348 e. The predicted octanol–water partition coefficient (Wildman–Crippen LogP) is 4.47. The molecule has 3 aromatic carbocycles. The highest BCUT2D eigenvalue weighted by molar-refractivity contribution is 6.30. The van der Waals surface area contributed by atoms with Crippen LogP contribution in [0.2, 0.25) is 5.02 Å². The Balaban J connectivity index is 1.44. The molecule has 0 bridgehead atoms. The van der Waals surface area contributed by atoms with E-state index in [-0.39, 0.29) is 11.8 Å². The zero-order valence-electron chi connectivity index (χ0n) is 15.2. The van der Waals surface area contributed by atoms with E-state index in [9.17, 15) is 9.59 Å². The van der Waals surface area contributed by atoms with Crippen molar-refractivity contribution in [2.45, 2.75) is 13.0 Å². The summed E-state index contributed by atoms with van der Waals surface area (Å²) in [6, 6.07) is 22.1. The number of nitrogens with one attached hydrogen (secondary N) is 1. The molecule has 0 aromatic heterocycles. The Morgan fingerprint density at radius 2 is 1.68 bits per heavy atom. The zero-order chi connectivity index (χ0) is 19.5. The van der Waals surface area contributed by atoms with E-state index in [1.165, 1.54) is 0 Å². The molecule has 5 heteroatoms. The van der Waals surface area contributed by atoms with E-state index in [1.54, 1.807) is 24.3 Å². The van der Waals surface area contributed by atoms with Crippen molar-refractivity contribution >= 4 is 29.1 Å². The molecule has 28 heavy (non-hydrogen) atoms. The molecule has 3 aromatic rings. The van der Waals surface area contributed by atoms with Gasteiger partial charge in [-0.05, 0) is 60.0 Å². The molecule has 0 radical (unpaired) electrons. The molecular formula is C23H19ClN2O2. The fourth-order valence-corrected chi connectivity index (χ4v) is 3.52. The van der Waals surface area contributed by atoms with Crippen LogP contribution in [0.3, 0.4) is 0 Å². The van der Waals surface area contributed by atoms with Crippen molar-refractivity contribution in [2.24, 2.45) is 0 Å². The number of amides is 2. The van der Waals surface area contributed by atoms with Gasteiger partial charge in [0.05, 0.1) is 0 Å². The van der Waals surface area contributed by atoms with Gasteiger partial charge in [0.2, 0.25) is 0 Å². The van der Waals surface area contributed by atoms with Crippen LogP contribution in [0.15, 0.2) is 72.8 Å². The highest BCUT2D eigenvalue weighted by Crippen LogP contribution is 2.30. The van der Waals surface area contributed by atoms with E-state index in [1.807, 2.05) is 47.4 Å². The van der Waals surface area contributed by atoms with Crippen molar-refractivity contribution in [3.8, 4) is 0 Å². The van der Waals surface area contributed by atoms with Gasteiger partial charge in [-0.1, -0.05) is 41.9 Å². The SMILES string of the molecule is O=C(NCc1ccc2c(c1)CCN2C(=O)c1ccccc1)c1ccc(Cl)cc1. The summed E-state index contributed by atoms with van der Waals surface area (Å²) in [7, 11) is 0. The van der Waals surface area contributed by atoms with Gasteiger partial charge >= 0.3 is 0 Å². The number of benzene rings is 3. The predicted molar refractivity (Wildman–Crippen MR) is 111 cm³/mol. The monoisotopic (exact) mass is 390 g/mol. The molecule has 1 aliphatic heterocycles. The first-order chi connectivity index (χ1) is 13.6. The van der Waals surface area contributed by atoms with Crippen LogP contribution in [0.4, 0.5) is 5.69 Å². The third-order valence-corrected chi connectivity index (χ3v) is 5.12. The zero-order valence-corrected chi connectivity index (χ0v) is 15.9. The first kappa shape index (κ1) is 18.3. The molecule has 0 spiro atoms. The molecule has 0 aliphatic carbocycles. The maximum Gasteiger partial charge on any atom is 0.258 e. The number of rotatable bonds is 4. The average molecular weight is 391 g/mol. The Morgan fingerprint density at radius 3 is 2.43 bits per heavy atom. The van der Waals surface area contributed by atoms with Gasteiger partial charge in [-0.2, -0.15) is 0 Å². The van der Waals surface area contributed by atoms with Crippen LogP contribution in [-0.2, 0) is 13.0 Å². The van der Waals surface area contributed by atoms with Crippen molar-refractivity contribution in [3.63, 3.8) is 0 Å². The van der Waals surface area contributed by atoms with Crippen molar-refractivity contribution in [1.82, 2.24) is 5.32 Å². The second-order valence-corrected chi connectivity index (χ2v) is 7.16. The fraction of sp³-hybridized carbons (Fsp3) is 0.130. The van der Waals surface area contributed by atoms with Crippen LogP contribution in [0.5, 0.6) is 0 Å². The highest BCUT2D eigenvalue weighted by Gasteiger charge is 2.25. The minimum absolute atomic E-state index is 0.0168. The fourth-order valence-electron chi connectivity index (χ4n) is 3.40. The molecule has 1 heterocycles. The van der Waals surface area contributed by atoms with Crippen LogP contribution in [0.1, 0.15) is 31.8 Å². The number of hydrogen-bond acceptors (Lipinski definition) is 2. The maximum atomic E-state index is 12.7. The smallest absolute Gasteiger partial charge is 0.258 e. The van der Waals surface area contributed by atoms with Gasteiger partial charge in [0, 0.05) is 34.9 Å². The normalized spacial score (nSPS) is 12.5. The van der Waals surface area contributed by atoms with E-state index in [0.29, 0.717) is 29.2 Å². The minimum Gasteiger partial charge on any atom is -0.348 e. The van der Waals surface area contributed by atoms with Gasteiger partial charge in [0.15, 0.2) is 0 Å². The van der Waals surface area contributed by atoms with Gasteiger partial charge < -0.3 is 10.2 Å². The van der Waals surface area contributed by atoms with Gasteiger partial charge in [-0.15, -0.1) is 0 Å². The third kappa shape index (κ3) is 3.78. The van der Waals surface area contributed by atoms with Gasteiger partial charge in [0.1, 0.15) is 0 Å². The summed E-state index contributed by atoms with van der Waals surface area (Å²) in [6.45, 7) is 1.10. The first-order valence-corrected chi connectivity index (χ1v) is 9.52. The molecule has 1 N–H and O–H groups in total. The van der Waals surface area contributed by atoms with Crippen molar-refractivity contribution in [2.75, 3.05) is 11.4 Å². The van der Waals surface area contributed by atoms with Crippen LogP contribution in [-0.4, -0.2) is 18.4 Å². The van der Waals surface area contributed by atoms with Crippen molar-refractivity contribution < 1.29 is 9.59 Å². The lowest BCUT2D eigenvalue weighted by Crippen LogP contribution is -2.28. The number of carbonyl (C=O) groups is 2. The Hall–Kier alpha value is -3.11. The van der Waals surface area contributed by atoms with Crippen LogP contribution in [0, 0.1) is 0 Å². The molecule has 0 unspecified atom stereocenters. The molecule has 0 fully saturated rings. The molecule has 0 atom stereocenters. The summed E-state index contributed by atoms with van der Waals surface area (Å²) in [4.78, 5) is 26.8. The Kier molecular flexibility index (Phi) is 5.13. The van der Waals surface area contributed by atoms with E-state index in [2.05, 4.69) is 11.4 Å². The summed E-state index contributed by atoms with van der Waals surface area (Å²) in [5.74, 6) is -0.124. The van der Waals surface area contributed by atoms with Crippen LogP contribution in [0.25, 0.3) is 0 Å². The summed E-state index contributed by atoms with van der Waals surface area (Å²) in [5, 5.41) is 3.52. The van der Waals surface area contributed by atoms with Crippen LogP contribution >= 0.6 is 11.6 Å². The quantitative estimate of drug-likeness (QED) is 0.714. The number of halogens is 1. The lowest BCUT2D eigenvalue weighted by atomic mass is 10.1. The molecular weight excluding hydrogens is 372 g/mol. The van der Waals surface area contributed by atoms with Crippen LogP contribution < -0.4 is 10.2 Å². The van der Waals surface area contributed by atoms with Gasteiger partial charge in [-0.3, -0.25) is 9.59 Å². The topological polar surface area (TPSA) is 49.4 Å². The molecule has 0 saturated carbocycles. The summed E-state index contributed by atoms with van der Waals surface area (Å²) < 4.78 is 0. The summed E-state index contributed by atoms with van der Waals surface area (Å²) >= 11 is 5.86. The number of nitrogens with zero attached hydrogens (tertiary/aromatic N) is 1. The maximum absolute atomic E-state index is 12.7.